The highest BCUT2D eigenvalue weighted by Crippen LogP contribution is 2.32. The third-order valence-corrected chi connectivity index (χ3v) is 5.99. The van der Waals surface area contributed by atoms with Crippen molar-refractivity contribution in [2.45, 2.75) is 51.1 Å². The highest BCUT2D eigenvalue weighted by atomic mass is 127. The topological polar surface area (TPSA) is 67.4 Å². The molecule has 1 saturated heterocycles. The lowest BCUT2D eigenvalue weighted by Gasteiger charge is -2.34. The van der Waals surface area contributed by atoms with Gasteiger partial charge in [-0.3, -0.25) is 9.89 Å². The number of nitrogens with one attached hydrogen (secondary N) is 2. The normalized spacial score (nSPS) is 19.3. The van der Waals surface area contributed by atoms with Crippen LogP contribution < -0.4 is 20.1 Å². The molecule has 3 rings (SSSR count). The van der Waals surface area contributed by atoms with Crippen molar-refractivity contribution in [2.24, 2.45) is 4.99 Å². The van der Waals surface area contributed by atoms with E-state index in [1.807, 2.05) is 6.07 Å². The van der Waals surface area contributed by atoms with Gasteiger partial charge in [-0.1, -0.05) is 25.3 Å². The summed E-state index contributed by atoms with van der Waals surface area (Å²) in [4.78, 5) is 7.45. The molecule has 1 unspecified atom stereocenters. The van der Waals surface area contributed by atoms with Crippen molar-refractivity contribution < 1.29 is 14.2 Å². The molecule has 1 saturated carbocycles. The lowest BCUT2D eigenvalue weighted by atomic mass is 9.96. The Balaban J connectivity index is 0.00000341. The maximum Gasteiger partial charge on any atom is 0.191 e. The summed E-state index contributed by atoms with van der Waals surface area (Å²) in [6.45, 7) is 6.98. The highest BCUT2D eigenvalue weighted by Gasteiger charge is 2.24. The minimum absolute atomic E-state index is 0. The second kappa shape index (κ2) is 14.0. The quantitative estimate of drug-likeness (QED) is 0.295. The Kier molecular flexibility index (Phi) is 11.7. The van der Waals surface area contributed by atoms with Gasteiger partial charge in [-0.25, -0.2) is 0 Å². The number of methoxy groups -OCH3 is 2. The molecule has 31 heavy (non-hydrogen) atoms. The van der Waals surface area contributed by atoms with Gasteiger partial charge in [0.05, 0.1) is 40.0 Å². The van der Waals surface area contributed by atoms with Crippen LogP contribution in [-0.4, -0.2) is 70.5 Å². The van der Waals surface area contributed by atoms with Crippen LogP contribution in [0.5, 0.6) is 11.5 Å². The summed E-state index contributed by atoms with van der Waals surface area (Å²) in [5, 5.41) is 7.09. The zero-order chi connectivity index (χ0) is 21.2. The summed E-state index contributed by atoms with van der Waals surface area (Å²) >= 11 is 0. The molecular formula is C23H39IN4O3. The number of rotatable bonds is 8. The van der Waals surface area contributed by atoms with Gasteiger partial charge in [0, 0.05) is 25.7 Å². The van der Waals surface area contributed by atoms with Crippen LogP contribution in [0.25, 0.3) is 0 Å². The fourth-order valence-corrected chi connectivity index (χ4v) is 4.32. The molecule has 1 aromatic carbocycles. The van der Waals surface area contributed by atoms with E-state index in [0.717, 1.165) is 50.3 Å². The molecule has 0 radical (unpaired) electrons. The molecule has 0 spiro atoms. The number of ether oxygens (including phenoxy) is 3. The molecule has 2 fully saturated rings. The fraction of sp³-hybridized carbons (Fsp3) is 0.696. The van der Waals surface area contributed by atoms with Crippen LogP contribution in [-0.2, 0) is 4.74 Å². The standard InChI is InChI=1S/C23H38N4O3.HI/c1-4-24-23(26-19-8-6-5-7-9-19)25-17-20(27-12-14-30-15-13-27)18-10-11-21(28-2)22(16-18)29-3;/h10-11,16,19-20H,4-9,12-15,17H2,1-3H3,(H2,24,25,26);1H. The smallest absolute Gasteiger partial charge is 0.191 e. The van der Waals surface area contributed by atoms with Crippen LogP contribution in [0.2, 0.25) is 0 Å². The predicted octanol–water partition coefficient (Wildman–Crippen LogP) is 3.58. The number of hydrogen-bond donors (Lipinski definition) is 2. The predicted molar refractivity (Wildman–Crippen MR) is 136 cm³/mol. The summed E-state index contributed by atoms with van der Waals surface area (Å²) in [5.74, 6) is 2.42. The van der Waals surface area contributed by atoms with Gasteiger partial charge in [-0.15, -0.1) is 24.0 Å². The SMILES string of the molecule is CCNC(=NCC(c1ccc(OC)c(OC)c1)N1CCOCC1)NC1CCCCC1.I. The van der Waals surface area contributed by atoms with Crippen molar-refractivity contribution in [3.63, 3.8) is 0 Å². The molecule has 0 bridgehead atoms. The first-order chi connectivity index (χ1) is 14.7. The second-order valence-corrected chi connectivity index (χ2v) is 7.98. The van der Waals surface area contributed by atoms with Crippen molar-refractivity contribution in [2.75, 3.05) is 53.6 Å². The minimum atomic E-state index is 0. The van der Waals surface area contributed by atoms with Gasteiger partial charge in [0.25, 0.3) is 0 Å². The number of aliphatic imine (C=N–C) groups is 1. The molecule has 1 aromatic rings. The number of halogens is 1. The van der Waals surface area contributed by atoms with Crippen LogP contribution in [0.3, 0.4) is 0 Å². The van der Waals surface area contributed by atoms with Gasteiger partial charge in [0.1, 0.15) is 0 Å². The highest BCUT2D eigenvalue weighted by molar-refractivity contribution is 14.0. The Hall–Kier alpha value is -1.26. The third-order valence-electron chi connectivity index (χ3n) is 5.99. The van der Waals surface area contributed by atoms with Crippen molar-refractivity contribution >= 4 is 29.9 Å². The van der Waals surface area contributed by atoms with Crippen LogP contribution >= 0.6 is 24.0 Å². The van der Waals surface area contributed by atoms with Crippen molar-refractivity contribution in [3.8, 4) is 11.5 Å². The van der Waals surface area contributed by atoms with Gasteiger partial charge in [0.2, 0.25) is 0 Å². The molecule has 1 heterocycles. The second-order valence-electron chi connectivity index (χ2n) is 7.98. The zero-order valence-corrected chi connectivity index (χ0v) is 21.5. The average Bonchev–Trinajstić information content (AvgIpc) is 2.80. The summed E-state index contributed by atoms with van der Waals surface area (Å²) in [5.41, 5.74) is 1.19. The molecule has 176 valence electrons. The van der Waals surface area contributed by atoms with Crippen molar-refractivity contribution in [1.82, 2.24) is 15.5 Å². The first kappa shape index (κ1) is 26.0. The summed E-state index contributed by atoms with van der Waals surface area (Å²) in [7, 11) is 3.35. The average molecular weight is 546 g/mol. The third kappa shape index (κ3) is 7.68. The fourth-order valence-electron chi connectivity index (χ4n) is 4.32. The molecule has 1 aliphatic heterocycles. The largest absolute Gasteiger partial charge is 0.493 e. The monoisotopic (exact) mass is 546 g/mol. The first-order valence-corrected chi connectivity index (χ1v) is 11.3. The van der Waals surface area contributed by atoms with E-state index in [2.05, 4.69) is 34.6 Å². The Morgan fingerprint density at radius 2 is 1.84 bits per heavy atom. The van der Waals surface area contributed by atoms with Gasteiger partial charge in [-0.2, -0.15) is 0 Å². The van der Waals surface area contributed by atoms with E-state index in [4.69, 9.17) is 19.2 Å². The number of guanidine groups is 1. The van der Waals surface area contributed by atoms with Gasteiger partial charge < -0.3 is 24.8 Å². The van der Waals surface area contributed by atoms with E-state index in [9.17, 15) is 0 Å². The van der Waals surface area contributed by atoms with Gasteiger partial charge >= 0.3 is 0 Å². The van der Waals surface area contributed by atoms with E-state index in [-0.39, 0.29) is 30.0 Å². The van der Waals surface area contributed by atoms with E-state index in [0.29, 0.717) is 12.6 Å². The van der Waals surface area contributed by atoms with Gasteiger partial charge in [-0.05, 0) is 37.5 Å². The summed E-state index contributed by atoms with van der Waals surface area (Å²) in [6.07, 6.45) is 6.42. The Bertz CT molecular complexity index is 677. The van der Waals surface area contributed by atoms with Crippen LogP contribution in [0.4, 0.5) is 0 Å². The molecule has 1 aliphatic carbocycles. The van der Waals surface area contributed by atoms with E-state index in [1.165, 1.54) is 37.7 Å². The van der Waals surface area contributed by atoms with E-state index >= 15 is 0 Å². The Labute approximate surface area is 204 Å². The van der Waals surface area contributed by atoms with Crippen molar-refractivity contribution in [1.29, 1.82) is 0 Å². The van der Waals surface area contributed by atoms with E-state index < -0.39 is 0 Å². The lowest BCUT2D eigenvalue weighted by molar-refractivity contribution is 0.0179. The lowest BCUT2D eigenvalue weighted by Crippen LogP contribution is -2.45. The van der Waals surface area contributed by atoms with Crippen LogP contribution in [0, 0.1) is 0 Å². The number of hydrogen-bond acceptors (Lipinski definition) is 5. The van der Waals surface area contributed by atoms with Gasteiger partial charge in [0.15, 0.2) is 17.5 Å². The molecule has 1 atom stereocenters. The molecule has 0 aromatic heterocycles. The maximum atomic E-state index is 5.58. The summed E-state index contributed by atoms with van der Waals surface area (Å²) in [6, 6.07) is 6.88. The molecule has 0 amide bonds. The molecule has 2 N–H and O–H groups in total. The number of benzene rings is 1. The molecular weight excluding hydrogens is 507 g/mol. The number of nitrogens with zero attached hydrogens (tertiary/aromatic N) is 2. The minimum Gasteiger partial charge on any atom is -0.493 e. The number of morpholine rings is 1. The first-order valence-electron chi connectivity index (χ1n) is 11.3. The summed E-state index contributed by atoms with van der Waals surface area (Å²) < 4.78 is 16.6. The van der Waals surface area contributed by atoms with Crippen molar-refractivity contribution in [3.05, 3.63) is 23.8 Å². The van der Waals surface area contributed by atoms with Crippen LogP contribution in [0.1, 0.15) is 50.6 Å². The Morgan fingerprint density at radius 3 is 2.48 bits per heavy atom. The van der Waals surface area contributed by atoms with Crippen LogP contribution in [0.15, 0.2) is 23.2 Å². The zero-order valence-electron chi connectivity index (χ0n) is 19.2. The molecule has 7 nitrogen and oxygen atoms in total. The Morgan fingerprint density at radius 1 is 1.13 bits per heavy atom. The molecule has 2 aliphatic rings. The maximum absolute atomic E-state index is 5.58. The molecule has 8 heteroatoms. The van der Waals surface area contributed by atoms with E-state index in [1.54, 1.807) is 14.2 Å².